The largest absolute Gasteiger partial charge is 0.384 e. The van der Waals surface area contributed by atoms with Crippen molar-refractivity contribution in [1.29, 1.82) is 0 Å². The van der Waals surface area contributed by atoms with E-state index in [0.29, 0.717) is 4.88 Å². The van der Waals surface area contributed by atoms with E-state index in [4.69, 9.17) is 0 Å². The molecular weight excluding hydrogens is 334 g/mol. The molecule has 19 heavy (non-hydrogen) atoms. The zero-order chi connectivity index (χ0) is 14.2. The van der Waals surface area contributed by atoms with Crippen molar-refractivity contribution >= 4 is 27.3 Å². The van der Waals surface area contributed by atoms with Gasteiger partial charge in [-0.15, -0.1) is 11.3 Å². The lowest BCUT2D eigenvalue weighted by atomic mass is 9.94. The molecule has 0 saturated heterocycles. The predicted octanol–water partition coefficient (Wildman–Crippen LogP) is 4.55. The van der Waals surface area contributed by atoms with Crippen molar-refractivity contribution in [3.05, 3.63) is 55.7 Å². The molecule has 1 N–H and O–H groups in total. The van der Waals surface area contributed by atoms with Crippen LogP contribution in [0.15, 0.2) is 28.7 Å². The molecule has 0 bridgehead atoms. The highest BCUT2D eigenvalue weighted by atomic mass is 79.9. The topological polar surface area (TPSA) is 20.2 Å². The van der Waals surface area contributed by atoms with Crippen LogP contribution in [0.3, 0.4) is 0 Å². The fourth-order valence-corrected chi connectivity index (χ4v) is 3.17. The maximum absolute atomic E-state index is 13.9. The Bertz CT molecular complexity index is 607. The number of halogens is 3. The van der Waals surface area contributed by atoms with Crippen LogP contribution >= 0.6 is 27.3 Å². The molecule has 0 aliphatic rings. The maximum Gasteiger partial charge on any atom is 0.143 e. The van der Waals surface area contributed by atoms with Crippen molar-refractivity contribution in [2.24, 2.45) is 0 Å². The highest BCUT2D eigenvalue weighted by Crippen LogP contribution is 2.33. The van der Waals surface area contributed by atoms with Gasteiger partial charge in [0.1, 0.15) is 17.2 Å². The SMILES string of the molecule is Cc1ccc(C(C)(O)Cc2c(F)ccc(Br)c2F)s1. The molecule has 1 atom stereocenters. The van der Waals surface area contributed by atoms with Crippen LogP contribution in [-0.2, 0) is 12.0 Å². The van der Waals surface area contributed by atoms with Crippen molar-refractivity contribution in [3.63, 3.8) is 0 Å². The average molecular weight is 347 g/mol. The Balaban J connectivity index is 2.38. The van der Waals surface area contributed by atoms with Crippen LogP contribution in [-0.4, -0.2) is 5.11 Å². The molecule has 1 nitrogen and oxygen atoms in total. The quantitative estimate of drug-likeness (QED) is 0.808. The fraction of sp³-hybridized carbons (Fsp3) is 0.286. The lowest BCUT2D eigenvalue weighted by Crippen LogP contribution is -2.24. The third-order valence-corrected chi connectivity index (χ3v) is 4.80. The monoisotopic (exact) mass is 346 g/mol. The molecule has 1 unspecified atom stereocenters. The number of hydrogen-bond donors (Lipinski definition) is 1. The number of thiophene rings is 1. The van der Waals surface area contributed by atoms with Gasteiger partial charge in [0.05, 0.1) is 4.47 Å². The zero-order valence-corrected chi connectivity index (χ0v) is 12.9. The van der Waals surface area contributed by atoms with Gasteiger partial charge in [0, 0.05) is 21.7 Å². The Morgan fingerprint density at radius 3 is 2.53 bits per heavy atom. The van der Waals surface area contributed by atoms with Gasteiger partial charge in [0.2, 0.25) is 0 Å². The van der Waals surface area contributed by atoms with Gasteiger partial charge in [-0.1, -0.05) is 0 Å². The normalized spacial score (nSPS) is 14.4. The molecule has 0 aliphatic carbocycles. The van der Waals surface area contributed by atoms with E-state index in [9.17, 15) is 13.9 Å². The highest BCUT2D eigenvalue weighted by molar-refractivity contribution is 9.10. The lowest BCUT2D eigenvalue weighted by Gasteiger charge is -2.22. The van der Waals surface area contributed by atoms with Gasteiger partial charge >= 0.3 is 0 Å². The van der Waals surface area contributed by atoms with E-state index in [1.807, 2.05) is 13.0 Å². The Morgan fingerprint density at radius 1 is 1.26 bits per heavy atom. The summed E-state index contributed by atoms with van der Waals surface area (Å²) in [4.78, 5) is 1.74. The summed E-state index contributed by atoms with van der Waals surface area (Å²) in [7, 11) is 0. The average Bonchev–Trinajstić information content (AvgIpc) is 2.77. The number of aryl methyl sites for hydroxylation is 1. The first kappa shape index (κ1) is 14.6. The van der Waals surface area contributed by atoms with Crippen molar-refractivity contribution in [3.8, 4) is 0 Å². The van der Waals surface area contributed by atoms with Gasteiger partial charge in [-0.3, -0.25) is 0 Å². The Kier molecular flexibility index (Phi) is 4.08. The van der Waals surface area contributed by atoms with E-state index in [2.05, 4.69) is 15.9 Å². The second kappa shape index (κ2) is 5.31. The van der Waals surface area contributed by atoms with Crippen molar-refractivity contribution < 1.29 is 13.9 Å². The molecular formula is C14H13BrF2OS. The summed E-state index contributed by atoms with van der Waals surface area (Å²) >= 11 is 4.45. The van der Waals surface area contributed by atoms with Gasteiger partial charge in [-0.05, 0) is 54.0 Å². The summed E-state index contributed by atoms with van der Waals surface area (Å²) in [6, 6.07) is 6.17. The fourth-order valence-electron chi connectivity index (χ4n) is 1.89. The first-order valence-corrected chi connectivity index (χ1v) is 7.34. The van der Waals surface area contributed by atoms with Crippen LogP contribution in [0.1, 0.15) is 22.2 Å². The van der Waals surface area contributed by atoms with Crippen molar-refractivity contribution in [1.82, 2.24) is 0 Å². The van der Waals surface area contributed by atoms with E-state index in [-0.39, 0.29) is 16.5 Å². The number of rotatable bonds is 3. The van der Waals surface area contributed by atoms with E-state index in [0.717, 1.165) is 4.88 Å². The molecule has 1 heterocycles. The Morgan fingerprint density at radius 2 is 1.95 bits per heavy atom. The van der Waals surface area contributed by atoms with Crippen molar-refractivity contribution in [2.45, 2.75) is 25.9 Å². The number of aliphatic hydroxyl groups is 1. The molecule has 1 aromatic heterocycles. The van der Waals surface area contributed by atoms with Crippen LogP contribution in [0.2, 0.25) is 0 Å². The molecule has 0 aliphatic heterocycles. The molecule has 0 fully saturated rings. The minimum absolute atomic E-state index is 0.106. The summed E-state index contributed by atoms with van der Waals surface area (Å²) in [5, 5.41) is 10.5. The van der Waals surface area contributed by atoms with E-state index in [1.165, 1.54) is 23.5 Å². The Labute approximate surface area is 123 Å². The summed E-state index contributed by atoms with van der Waals surface area (Å²) in [6.45, 7) is 3.49. The molecule has 1 aromatic carbocycles. The smallest absolute Gasteiger partial charge is 0.143 e. The molecule has 102 valence electrons. The summed E-state index contributed by atoms with van der Waals surface area (Å²) in [5.41, 5.74) is -1.40. The maximum atomic E-state index is 13.9. The van der Waals surface area contributed by atoms with Crippen LogP contribution in [0, 0.1) is 18.6 Å². The van der Waals surface area contributed by atoms with Crippen LogP contribution < -0.4 is 0 Å². The Hall–Kier alpha value is -0.780. The van der Waals surface area contributed by atoms with E-state index >= 15 is 0 Å². The van der Waals surface area contributed by atoms with Gasteiger partial charge in [0.15, 0.2) is 0 Å². The molecule has 2 rings (SSSR count). The van der Waals surface area contributed by atoms with Crippen molar-refractivity contribution in [2.75, 3.05) is 0 Å². The molecule has 0 spiro atoms. The first-order valence-electron chi connectivity index (χ1n) is 5.73. The third kappa shape index (κ3) is 3.04. The van der Waals surface area contributed by atoms with Crippen LogP contribution in [0.4, 0.5) is 8.78 Å². The molecule has 5 heteroatoms. The first-order chi connectivity index (χ1) is 8.81. The third-order valence-electron chi connectivity index (χ3n) is 2.93. The standard InChI is InChI=1S/C14H13BrF2OS/c1-8-3-6-12(19-8)14(2,18)7-9-11(16)5-4-10(15)13(9)17/h3-6,18H,7H2,1-2H3. The summed E-state index contributed by atoms with van der Waals surface area (Å²) in [5.74, 6) is -1.30. The summed E-state index contributed by atoms with van der Waals surface area (Å²) in [6.07, 6.45) is -0.107. The zero-order valence-electron chi connectivity index (χ0n) is 10.5. The summed E-state index contributed by atoms with van der Waals surface area (Å²) < 4.78 is 27.8. The number of benzene rings is 1. The van der Waals surface area contributed by atoms with Gasteiger partial charge in [0.25, 0.3) is 0 Å². The lowest BCUT2D eigenvalue weighted by molar-refractivity contribution is 0.0595. The molecule has 0 saturated carbocycles. The minimum atomic E-state index is -1.29. The highest BCUT2D eigenvalue weighted by Gasteiger charge is 2.28. The molecule has 0 radical (unpaired) electrons. The second-order valence-electron chi connectivity index (χ2n) is 4.68. The van der Waals surface area contributed by atoms with E-state index in [1.54, 1.807) is 13.0 Å². The van der Waals surface area contributed by atoms with Gasteiger partial charge in [-0.2, -0.15) is 0 Å². The predicted molar refractivity (Wildman–Crippen MR) is 76.4 cm³/mol. The molecule has 0 amide bonds. The minimum Gasteiger partial charge on any atom is -0.384 e. The van der Waals surface area contributed by atoms with E-state index < -0.39 is 17.2 Å². The molecule has 2 aromatic rings. The van der Waals surface area contributed by atoms with Crippen LogP contribution in [0.25, 0.3) is 0 Å². The number of hydrogen-bond acceptors (Lipinski definition) is 2. The van der Waals surface area contributed by atoms with Crippen LogP contribution in [0.5, 0.6) is 0 Å². The van der Waals surface area contributed by atoms with Gasteiger partial charge < -0.3 is 5.11 Å². The van der Waals surface area contributed by atoms with Gasteiger partial charge in [-0.25, -0.2) is 8.78 Å². The second-order valence-corrected chi connectivity index (χ2v) is 6.82.